The van der Waals surface area contributed by atoms with Crippen LogP contribution in [0, 0.1) is 0 Å². The standard InChI is InChI=1S/C8H8Br2N2O/c9-4-8(13)12-5-1-2-7(11)6(10)3-5/h1-3H,4,11H2,(H,12,13). The van der Waals surface area contributed by atoms with Crippen molar-refractivity contribution in [2.75, 3.05) is 16.4 Å². The molecule has 5 heteroatoms. The molecule has 13 heavy (non-hydrogen) atoms. The second-order valence-electron chi connectivity index (χ2n) is 2.42. The van der Waals surface area contributed by atoms with E-state index in [0.717, 1.165) is 10.2 Å². The Labute approximate surface area is 92.9 Å². The Balaban J connectivity index is 2.79. The number of halogens is 2. The van der Waals surface area contributed by atoms with Crippen molar-refractivity contribution in [2.45, 2.75) is 0 Å². The van der Waals surface area contributed by atoms with Crippen molar-refractivity contribution in [2.24, 2.45) is 0 Å². The lowest BCUT2D eigenvalue weighted by Gasteiger charge is -2.04. The lowest BCUT2D eigenvalue weighted by atomic mass is 10.3. The maximum atomic E-state index is 11.0. The first-order valence-electron chi connectivity index (χ1n) is 3.54. The zero-order chi connectivity index (χ0) is 9.84. The summed E-state index contributed by atoms with van der Waals surface area (Å²) in [4.78, 5) is 11.0. The Morgan fingerprint density at radius 3 is 2.77 bits per heavy atom. The molecule has 0 saturated carbocycles. The lowest BCUT2D eigenvalue weighted by Crippen LogP contribution is -2.12. The molecule has 0 aliphatic rings. The number of amides is 1. The van der Waals surface area contributed by atoms with Crippen LogP contribution in [0.15, 0.2) is 22.7 Å². The molecule has 1 rings (SSSR count). The van der Waals surface area contributed by atoms with Crippen LogP contribution in [0.2, 0.25) is 0 Å². The SMILES string of the molecule is Nc1ccc(NC(=O)CBr)cc1Br. The highest BCUT2D eigenvalue weighted by Crippen LogP contribution is 2.23. The van der Waals surface area contributed by atoms with Gasteiger partial charge in [-0.1, -0.05) is 15.9 Å². The van der Waals surface area contributed by atoms with Gasteiger partial charge < -0.3 is 11.1 Å². The number of rotatable bonds is 2. The minimum atomic E-state index is -0.0864. The first-order chi connectivity index (χ1) is 6.13. The third kappa shape index (κ3) is 3.00. The van der Waals surface area contributed by atoms with Crippen molar-refractivity contribution in [1.82, 2.24) is 0 Å². The molecule has 1 aromatic carbocycles. The number of nitrogen functional groups attached to an aromatic ring is 1. The summed E-state index contributed by atoms with van der Waals surface area (Å²) in [6.45, 7) is 0. The predicted octanol–water partition coefficient (Wildman–Crippen LogP) is 2.36. The molecule has 0 atom stereocenters. The molecule has 0 saturated heterocycles. The lowest BCUT2D eigenvalue weighted by molar-refractivity contribution is -0.113. The van der Waals surface area contributed by atoms with Crippen LogP contribution in [0.3, 0.4) is 0 Å². The molecule has 1 aromatic rings. The Kier molecular flexibility index (Phi) is 3.74. The number of carbonyl (C=O) groups is 1. The van der Waals surface area contributed by atoms with Gasteiger partial charge in [0.1, 0.15) is 0 Å². The molecule has 0 aliphatic carbocycles. The molecule has 0 spiro atoms. The number of hydrogen-bond donors (Lipinski definition) is 2. The molecular weight excluding hydrogens is 300 g/mol. The van der Waals surface area contributed by atoms with Crippen molar-refractivity contribution < 1.29 is 4.79 Å². The van der Waals surface area contributed by atoms with Crippen molar-refractivity contribution in [3.63, 3.8) is 0 Å². The second-order valence-corrected chi connectivity index (χ2v) is 3.83. The van der Waals surface area contributed by atoms with Crippen LogP contribution in [0.1, 0.15) is 0 Å². The summed E-state index contributed by atoms with van der Waals surface area (Å²) in [6, 6.07) is 5.24. The molecule has 0 bridgehead atoms. The highest BCUT2D eigenvalue weighted by Gasteiger charge is 2.01. The maximum Gasteiger partial charge on any atom is 0.235 e. The molecule has 0 heterocycles. The van der Waals surface area contributed by atoms with Crippen molar-refractivity contribution in [3.8, 4) is 0 Å². The van der Waals surface area contributed by atoms with Gasteiger partial charge in [-0.05, 0) is 34.1 Å². The Bertz CT molecular complexity index is 328. The van der Waals surface area contributed by atoms with Crippen molar-refractivity contribution in [3.05, 3.63) is 22.7 Å². The summed E-state index contributed by atoms with van der Waals surface area (Å²) in [5.74, 6) is -0.0864. The summed E-state index contributed by atoms with van der Waals surface area (Å²) in [7, 11) is 0. The summed E-state index contributed by atoms with van der Waals surface area (Å²) in [6.07, 6.45) is 0. The van der Waals surface area contributed by atoms with Gasteiger partial charge in [0, 0.05) is 15.8 Å². The molecule has 1 amide bonds. The Morgan fingerprint density at radius 2 is 2.23 bits per heavy atom. The van der Waals surface area contributed by atoms with Gasteiger partial charge >= 0.3 is 0 Å². The topological polar surface area (TPSA) is 55.1 Å². The third-order valence-electron chi connectivity index (χ3n) is 1.41. The van der Waals surface area contributed by atoms with Gasteiger partial charge in [0.2, 0.25) is 5.91 Å². The molecule has 0 unspecified atom stereocenters. The van der Waals surface area contributed by atoms with E-state index >= 15 is 0 Å². The maximum absolute atomic E-state index is 11.0. The van der Waals surface area contributed by atoms with E-state index in [2.05, 4.69) is 37.2 Å². The number of carbonyl (C=O) groups excluding carboxylic acids is 1. The Hall–Kier alpha value is -0.550. The van der Waals surface area contributed by atoms with Crippen LogP contribution in [0.5, 0.6) is 0 Å². The second kappa shape index (κ2) is 4.62. The third-order valence-corrected chi connectivity index (χ3v) is 2.60. The zero-order valence-electron chi connectivity index (χ0n) is 6.68. The summed E-state index contributed by atoms with van der Waals surface area (Å²) in [5.41, 5.74) is 6.96. The van der Waals surface area contributed by atoms with Gasteiger partial charge in [0.25, 0.3) is 0 Å². The molecule has 0 aliphatic heterocycles. The van der Waals surface area contributed by atoms with E-state index in [4.69, 9.17) is 5.73 Å². The van der Waals surface area contributed by atoms with Crippen LogP contribution < -0.4 is 11.1 Å². The molecule has 0 aromatic heterocycles. The number of hydrogen-bond acceptors (Lipinski definition) is 2. The van der Waals surface area contributed by atoms with E-state index in [1.807, 2.05) is 0 Å². The van der Waals surface area contributed by atoms with Crippen LogP contribution >= 0.6 is 31.9 Å². The molecule has 0 fully saturated rings. The first kappa shape index (κ1) is 10.5. The molecule has 3 N–H and O–H groups in total. The van der Waals surface area contributed by atoms with E-state index < -0.39 is 0 Å². The number of nitrogens with two attached hydrogens (primary N) is 1. The van der Waals surface area contributed by atoms with E-state index in [1.165, 1.54) is 0 Å². The largest absolute Gasteiger partial charge is 0.398 e. The van der Waals surface area contributed by atoms with Gasteiger partial charge in [0.05, 0.1) is 5.33 Å². The van der Waals surface area contributed by atoms with Gasteiger partial charge in [-0.3, -0.25) is 4.79 Å². The van der Waals surface area contributed by atoms with Crippen LogP contribution in [-0.4, -0.2) is 11.2 Å². The molecule has 0 radical (unpaired) electrons. The number of alkyl halides is 1. The highest BCUT2D eigenvalue weighted by molar-refractivity contribution is 9.10. The minimum absolute atomic E-state index is 0.0864. The van der Waals surface area contributed by atoms with Gasteiger partial charge in [-0.25, -0.2) is 0 Å². The Morgan fingerprint density at radius 1 is 1.54 bits per heavy atom. The first-order valence-corrected chi connectivity index (χ1v) is 5.46. The fraction of sp³-hybridized carbons (Fsp3) is 0.125. The quantitative estimate of drug-likeness (QED) is 0.651. The fourth-order valence-electron chi connectivity index (χ4n) is 0.799. The summed E-state index contributed by atoms with van der Waals surface area (Å²) in [5, 5.41) is 2.97. The monoisotopic (exact) mass is 306 g/mol. The molecule has 70 valence electrons. The van der Waals surface area contributed by atoms with Crippen LogP contribution in [0.4, 0.5) is 11.4 Å². The fourth-order valence-corrected chi connectivity index (χ4v) is 1.32. The van der Waals surface area contributed by atoms with Crippen LogP contribution in [0.25, 0.3) is 0 Å². The van der Waals surface area contributed by atoms with E-state index in [1.54, 1.807) is 18.2 Å². The number of anilines is 2. The molecule has 3 nitrogen and oxygen atoms in total. The van der Waals surface area contributed by atoms with E-state index in [9.17, 15) is 4.79 Å². The number of nitrogens with one attached hydrogen (secondary N) is 1. The predicted molar refractivity (Wildman–Crippen MR) is 61.0 cm³/mol. The summed E-state index contributed by atoms with van der Waals surface area (Å²) < 4.78 is 0.778. The minimum Gasteiger partial charge on any atom is -0.398 e. The smallest absolute Gasteiger partial charge is 0.235 e. The van der Waals surface area contributed by atoms with E-state index in [0.29, 0.717) is 5.69 Å². The number of benzene rings is 1. The molecular formula is C8H8Br2N2O. The highest BCUT2D eigenvalue weighted by atomic mass is 79.9. The van der Waals surface area contributed by atoms with Crippen molar-refractivity contribution in [1.29, 1.82) is 0 Å². The van der Waals surface area contributed by atoms with Gasteiger partial charge in [-0.2, -0.15) is 0 Å². The van der Waals surface area contributed by atoms with E-state index in [-0.39, 0.29) is 11.2 Å². The average Bonchev–Trinajstić information content (AvgIpc) is 2.11. The van der Waals surface area contributed by atoms with Gasteiger partial charge in [-0.15, -0.1) is 0 Å². The van der Waals surface area contributed by atoms with Crippen LogP contribution in [-0.2, 0) is 4.79 Å². The van der Waals surface area contributed by atoms with Crippen molar-refractivity contribution >= 4 is 49.1 Å². The van der Waals surface area contributed by atoms with Gasteiger partial charge in [0.15, 0.2) is 0 Å². The average molecular weight is 308 g/mol. The normalized spacial score (nSPS) is 9.69. The summed E-state index contributed by atoms with van der Waals surface area (Å²) >= 11 is 6.33. The zero-order valence-corrected chi connectivity index (χ0v) is 9.85.